The van der Waals surface area contributed by atoms with Crippen LogP contribution in [0.25, 0.3) is 11.2 Å². The van der Waals surface area contributed by atoms with E-state index in [1.807, 2.05) is 0 Å². The molecule has 0 radical (unpaired) electrons. The SMILES string of the molecule is Nc1ncnc2c1[nH]c(=S)n2[C@@H]1O[C@H](COP(=O)(O)OP(=O)(O)OP(=O)(O)O)[C@@H](O)[C@H]1O. The van der Waals surface area contributed by atoms with Crippen LogP contribution in [0.4, 0.5) is 5.82 Å². The van der Waals surface area contributed by atoms with Gasteiger partial charge in [0.05, 0.1) is 6.61 Å². The zero-order chi connectivity index (χ0) is 24.1. The minimum atomic E-state index is -5.72. The van der Waals surface area contributed by atoms with E-state index in [0.717, 1.165) is 6.33 Å². The molecular formula is C10H16N5O13P3S. The van der Waals surface area contributed by atoms with Crippen LogP contribution in [-0.4, -0.2) is 74.2 Å². The molecule has 3 rings (SSSR count). The van der Waals surface area contributed by atoms with Crippen molar-refractivity contribution in [2.75, 3.05) is 12.3 Å². The maximum Gasteiger partial charge on any atom is 0.490 e. The van der Waals surface area contributed by atoms with Gasteiger partial charge in [0.25, 0.3) is 0 Å². The maximum atomic E-state index is 11.8. The van der Waals surface area contributed by atoms with Gasteiger partial charge in [-0.1, -0.05) is 0 Å². The number of nitrogen functional groups attached to an aromatic ring is 1. The van der Waals surface area contributed by atoms with Crippen molar-refractivity contribution in [3.05, 3.63) is 11.1 Å². The summed E-state index contributed by atoms with van der Waals surface area (Å²) >= 11 is 5.15. The van der Waals surface area contributed by atoms with Gasteiger partial charge in [0.15, 0.2) is 22.5 Å². The first-order valence-corrected chi connectivity index (χ1v) is 13.0. The number of rotatable bonds is 8. The number of anilines is 1. The zero-order valence-corrected chi connectivity index (χ0v) is 18.8. The molecule has 3 heterocycles. The van der Waals surface area contributed by atoms with E-state index >= 15 is 0 Å². The largest absolute Gasteiger partial charge is 0.490 e. The van der Waals surface area contributed by atoms with E-state index in [9.17, 15) is 28.8 Å². The summed E-state index contributed by atoms with van der Waals surface area (Å²) in [6, 6.07) is 0. The molecule has 0 aliphatic carbocycles. The van der Waals surface area contributed by atoms with Gasteiger partial charge in [-0.3, -0.25) is 9.09 Å². The molecule has 2 unspecified atom stereocenters. The number of aromatic amines is 1. The van der Waals surface area contributed by atoms with E-state index in [1.165, 1.54) is 4.57 Å². The van der Waals surface area contributed by atoms with Crippen LogP contribution in [-0.2, 0) is 31.6 Å². The number of phosphoric acid groups is 3. The summed E-state index contributed by atoms with van der Waals surface area (Å²) < 4.78 is 52.0. The van der Waals surface area contributed by atoms with Gasteiger partial charge in [0.2, 0.25) is 0 Å². The van der Waals surface area contributed by atoms with Gasteiger partial charge in [-0.15, -0.1) is 0 Å². The average molecular weight is 539 g/mol. The van der Waals surface area contributed by atoms with Crippen molar-refractivity contribution in [3.63, 3.8) is 0 Å². The fraction of sp³-hybridized carbons (Fsp3) is 0.500. The van der Waals surface area contributed by atoms with Crippen LogP contribution >= 0.6 is 35.7 Å². The number of aromatic nitrogens is 4. The number of H-pyrrole nitrogens is 1. The van der Waals surface area contributed by atoms with Crippen molar-refractivity contribution in [2.45, 2.75) is 24.5 Å². The molecule has 22 heteroatoms. The second kappa shape index (κ2) is 8.90. The summed E-state index contributed by atoms with van der Waals surface area (Å²) in [4.78, 5) is 46.1. The molecule has 0 bridgehead atoms. The molecule has 6 atom stereocenters. The zero-order valence-electron chi connectivity index (χ0n) is 15.3. The Morgan fingerprint density at radius 1 is 1.12 bits per heavy atom. The Morgan fingerprint density at radius 2 is 1.78 bits per heavy atom. The monoisotopic (exact) mass is 539 g/mol. The molecule has 2 aromatic heterocycles. The number of aliphatic hydroxyl groups is 2. The quantitative estimate of drug-likeness (QED) is 0.148. The van der Waals surface area contributed by atoms with Crippen LogP contribution in [0, 0.1) is 4.77 Å². The molecule has 1 fully saturated rings. The van der Waals surface area contributed by atoms with Crippen LogP contribution in [0.2, 0.25) is 0 Å². The molecule has 32 heavy (non-hydrogen) atoms. The Hall–Kier alpha value is -1.14. The standard InChI is InChI=1S/C10H16N5O13P3S/c11-7-4-8(13-2-12-7)15(10(32)14-4)9-6(17)5(16)3(26-9)1-25-30(21,22)28-31(23,24)27-29(18,19)20/h2-3,5-6,9,16-17H,1H2,(H,14,32)(H,21,22)(H,23,24)(H2,11,12,13)(H2,18,19,20)/t3-,5-,6-,9-/m1/s1. The molecule has 1 saturated heterocycles. The fourth-order valence-electron chi connectivity index (χ4n) is 2.74. The average Bonchev–Trinajstić information content (AvgIpc) is 3.08. The topological polar surface area (TPSA) is 282 Å². The lowest BCUT2D eigenvalue weighted by Gasteiger charge is -2.19. The van der Waals surface area contributed by atoms with Gasteiger partial charge in [-0.05, 0) is 12.2 Å². The summed E-state index contributed by atoms with van der Waals surface area (Å²) in [6.45, 7) is -0.981. The number of nitrogens with zero attached hydrogens (tertiary/aromatic N) is 3. The predicted octanol–water partition coefficient (Wildman–Crippen LogP) is -0.966. The lowest BCUT2D eigenvalue weighted by atomic mass is 10.1. The van der Waals surface area contributed by atoms with Crippen LogP contribution in [0.5, 0.6) is 0 Å². The molecule has 180 valence electrons. The van der Waals surface area contributed by atoms with E-state index in [1.54, 1.807) is 0 Å². The number of imidazole rings is 1. The van der Waals surface area contributed by atoms with Gasteiger partial charge in [-0.25, -0.2) is 23.7 Å². The van der Waals surface area contributed by atoms with Crippen LogP contribution in [0.1, 0.15) is 6.23 Å². The van der Waals surface area contributed by atoms with E-state index in [-0.39, 0.29) is 21.8 Å². The van der Waals surface area contributed by atoms with Gasteiger partial charge in [-0.2, -0.15) is 8.62 Å². The van der Waals surface area contributed by atoms with Crippen molar-refractivity contribution in [1.82, 2.24) is 19.5 Å². The Kier molecular flexibility index (Phi) is 7.09. The highest BCUT2D eigenvalue weighted by Gasteiger charge is 2.47. The molecule has 9 N–H and O–H groups in total. The number of ether oxygens (including phenoxy) is 1. The second-order valence-corrected chi connectivity index (χ2v) is 11.0. The normalized spacial score (nSPS) is 27.9. The fourth-order valence-corrected chi connectivity index (χ4v) is 6.06. The third-order valence-electron chi connectivity index (χ3n) is 3.95. The summed E-state index contributed by atoms with van der Waals surface area (Å²) in [6.07, 6.45) is -5.10. The van der Waals surface area contributed by atoms with Crippen molar-refractivity contribution in [1.29, 1.82) is 0 Å². The molecular weight excluding hydrogens is 523 g/mol. The van der Waals surface area contributed by atoms with E-state index < -0.39 is 54.6 Å². The number of hydrogen-bond donors (Lipinski definition) is 8. The van der Waals surface area contributed by atoms with E-state index in [2.05, 4.69) is 28.1 Å². The van der Waals surface area contributed by atoms with Gasteiger partial charge < -0.3 is 45.2 Å². The molecule has 0 spiro atoms. The molecule has 18 nitrogen and oxygen atoms in total. The maximum absolute atomic E-state index is 11.8. The highest BCUT2D eigenvalue weighted by Crippen LogP contribution is 2.66. The third kappa shape index (κ3) is 5.67. The highest BCUT2D eigenvalue weighted by molar-refractivity contribution is 7.71. The van der Waals surface area contributed by atoms with E-state index in [4.69, 9.17) is 37.4 Å². The third-order valence-corrected chi connectivity index (χ3v) is 8.05. The first-order chi connectivity index (χ1) is 14.6. The number of nitrogens with one attached hydrogen (secondary N) is 1. The predicted molar refractivity (Wildman–Crippen MR) is 103 cm³/mol. The smallest absolute Gasteiger partial charge is 0.387 e. The molecule has 1 aliphatic heterocycles. The first kappa shape index (κ1) is 25.5. The molecule has 1 aliphatic rings. The van der Waals surface area contributed by atoms with Gasteiger partial charge >= 0.3 is 23.5 Å². The first-order valence-electron chi connectivity index (χ1n) is 8.11. The Labute approximate surface area is 182 Å². The Morgan fingerprint density at radius 3 is 2.41 bits per heavy atom. The van der Waals surface area contributed by atoms with Crippen molar-refractivity contribution in [3.8, 4) is 0 Å². The number of nitrogens with two attached hydrogens (primary N) is 1. The van der Waals surface area contributed by atoms with Crippen LogP contribution < -0.4 is 5.73 Å². The molecule has 2 aromatic rings. The number of fused-ring (bicyclic) bond motifs is 1. The molecule has 0 saturated carbocycles. The molecule has 0 amide bonds. The number of hydrogen-bond acceptors (Lipinski definition) is 13. The lowest BCUT2D eigenvalue weighted by Crippen LogP contribution is -2.33. The summed E-state index contributed by atoms with van der Waals surface area (Å²) in [5, 5.41) is 20.6. The van der Waals surface area contributed by atoms with E-state index in [0.29, 0.717) is 0 Å². The summed E-state index contributed by atoms with van der Waals surface area (Å²) in [5.41, 5.74) is 6.06. The van der Waals surface area contributed by atoms with Gasteiger partial charge in [0.1, 0.15) is 30.2 Å². The Balaban J connectivity index is 1.74. The summed E-state index contributed by atoms with van der Waals surface area (Å²) in [7, 11) is -16.7. The van der Waals surface area contributed by atoms with Gasteiger partial charge in [0, 0.05) is 0 Å². The Bertz CT molecular complexity index is 1210. The summed E-state index contributed by atoms with van der Waals surface area (Å²) in [5.74, 6) is 0.0390. The van der Waals surface area contributed by atoms with Crippen molar-refractivity contribution < 1.29 is 61.4 Å². The van der Waals surface area contributed by atoms with Crippen LogP contribution in [0.3, 0.4) is 0 Å². The van der Waals surface area contributed by atoms with Crippen LogP contribution in [0.15, 0.2) is 6.33 Å². The number of phosphoric ester groups is 1. The second-order valence-electron chi connectivity index (χ2n) is 6.19. The van der Waals surface area contributed by atoms with Crippen molar-refractivity contribution in [2.24, 2.45) is 0 Å². The molecule has 0 aromatic carbocycles. The number of aliphatic hydroxyl groups excluding tert-OH is 2. The van der Waals surface area contributed by atoms with Crippen molar-refractivity contribution >= 4 is 52.7 Å². The highest BCUT2D eigenvalue weighted by atomic mass is 32.1. The minimum absolute atomic E-state index is 0.0167. The lowest BCUT2D eigenvalue weighted by molar-refractivity contribution is -0.0509. The minimum Gasteiger partial charge on any atom is -0.387 e.